The van der Waals surface area contributed by atoms with Crippen LogP contribution in [0.4, 0.5) is 4.79 Å². The monoisotopic (exact) mass is 172 g/mol. The highest BCUT2D eigenvalue weighted by molar-refractivity contribution is 5.65. The summed E-state index contributed by atoms with van der Waals surface area (Å²) in [7, 11) is 0. The Morgan fingerprint density at radius 3 is 2.67 bits per heavy atom. The van der Waals surface area contributed by atoms with Gasteiger partial charge in [0.25, 0.3) is 0 Å². The number of nitrogens with zero attached hydrogens (tertiary/aromatic N) is 1. The summed E-state index contributed by atoms with van der Waals surface area (Å²) in [5, 5.41) is 8.80. The lowest BCUT2D eigenvalue weighted by Gasteiger charge is -2.38. The Hall–Kier alpha value is -0.770. The molecule has 4 heteroatoms. The van der Waals surface area contributed by atoms with Gasteiger partial charge in [0.15, 0.2) is 0 Å². The van der Waals surface area contributed by atoms with Crippen molar-refractivity contribution < 1.29 is 9.90 Å². The molecule has 0 bridgehead atoms. The van der Waals surface area contributed by atoms with E-state index in [2.05, 4.69) is 0 Å². The van der Waals surface area contributed by atoms with E-state index in [1.54, 1.807) is 0 Å². The number of piperidine rings is 1. The van der Waals surface area contributed by atoms with Gasteiger partial charge in [-0.15, -0.1) is 0 Å². The fraction of sp³-hybridized carbons (Fsp3) is 0.875. The number of amides is 1. The fourth-order valence-electron chi connectivity index (χ4n) is 1.65. The molecular formula is C8H16N2O2. The SMILES string of the molecule is C[C@@H]1CC(N)[C@@H](C)CN1C(=O)O. The zero-order valence-corrected chi connectivity index (χ0v) is 7.53. The lowest BCUT2D eigenvalue weighted by atomic mass is 9.91. The Kier molecular flexibility index (Phi) is 2.57. The molecule has 1 fully saturated rings. The van der Waals surface area contributed by atoms with Crippen LogP contribution in [0.1, 0.15) is 20.3 Å². The number of carboxylic acid groups (broad SMARTS) is 1. The molecule has 1 aliphatic rings. The molecule has 12 heavy (non-hydrogen) atoms. The van der Waals surface area contributed by atoms with Crippen molar-refractivity contribution in [3.8, 4) is 0 Å². The van der Waals surface area contributed by atoms with Crippen molar-refractivity contribution in [2.45, 2.75) is 32.4 Å². The van der Waals surface area contributed by atoms with Crippen LogP contribution in [0, 0.1) is 5.92 Å². The molecule has 0 aromatic carbocycles. The summed E-state index contributed by atoms with van der Waals surface area (Å²) in [6.07, 6.45) is -0.0609. The van der Waals surface area contributed by atoms with E-state index >= 15 is 0 Å². The number of carbonyl (C=O) groups is 1. The van der Waals surface area contributed by atoms with Gasteiger partial charge in [-0.3, -0.25) is 0 Å². The highest BCUT2D eigenvalue weighted by Crippen LogP contribution is 2.20. The number of hydrogen-bond acceptors (Lipinski definition) is 2. The van der Waals surface area contributed by atoms with E-state index in [1.807, 2.05) is 13.8 Å². The minimum atomic E-state index is -0.832. The molecule has 3 atom stereocenters. The maximum Gasteiger partial charge on any atom is 0.407 e. The molecule has 0 spiro atoms. The third kappa shape index (κ3) is 1.69. The molecule has 4 nitrogen and oxygen atoms in total. The van der Waals surface area contributed by atoms with Crippen molar-refractivity contribution >= 4 is 6.09 Å². The molecule has 1 saturated heterocycles. The molecule has 1 heterocycles. The van der Waals surface area contributed by atoms with Crippen molar-refractivity contribution in [3.63, 3.8) is 0 Å². The highest BCUT2D eigenvalue weighted by atomic mass is 16.4. The van der Waals surface area contributed by atoms with Crippen LogP contribution >= 0.6 is 0 Å². The summed E-state index contributed by atoms with van der Waals surface area (Å²) in [4.78, 5) is 12.2. The van der Waals surface area contributed by atoms with Gasteiger partial charge in [-0.1, -0.05) is 6.92 Å². The van der Waals surface area contributed by atoms with Crippen LogP contribution in [0.5, 0.6) is 0 Å². The van der Waals surface area contributed by atoms with E-state index in [9.17, 15) is 4.79 Å². The first kappa shape index (κ1) is 9.32. The smallest absolute Gasteiger partial charge is 0.407 e. The number of likely N-dealkylation sites (tertiary alicyclic amines) is 1. The molecular weight excluding hydrogens is 156 g/mol. The number of nitrogens with two attached hydrogens (primary N) is 1. The van der Waals surface area contributed by atoms with Gasteiger partial charge in [0.05, 0.1) is 0 Å². The van der Waals surface area contributed by atoms with Gasteiger partial charge >= 0.3 is 6.09 Å². The first-order valence-electron chi connectivity index (χ1n) is 4.27. The minimum Gasteiger partial charge on any atom is -0.465 e. The Bertz CT molecular complexity index is 184. The minimum absolute atomic E-state index is 0.0636. The van der Waals surface area contributed by atoms with Crippen molar-refractivity contribution in [2.24, 2.45) is 11.7 Å². The first-order chi connectivity index (χ1) is 5.52. The van der Waals surface area contributed by atoms with Gasteiger partial charge in [0.2, 0.25) is 0 Å². The van der Waals surface area contributed by atoms with Crippen LogP contribution in [-0.4, -0.2) is 34.7 Å². The molecule has 0 aromatic rings. The number of hydrogen-bond donors (Lipinski definition) is 2. The second kappa shape index (κ2) is 3.31. The van der Waals surface area contributed by atoms with E-state index in [0.717, 1.165) is 6.42 Å². The van der Waals surface area contributed by atoms with E-state index in [1.165, 1.54) is 4.90 Å². The zero-order chi connectivity index (χ0) is 9.30. The Morgan fingerprint density at radius 2 is 2.17 bits per heavy atom. The second-order valence-electron chi connectivity index (χ2n) is 3.66. The zero-order valence-electron chi connectivity index (χ0n) is 7.53. The van der Waals surface area contributed by atoms with Crippen LogP contribution in [0.2, 0.25) is 0 Å². The summed E-state index contributed by atoms with van der Waals surface area (Å²) in [6.45, 7) is 4.46. The highest BCUT2D eigenvalue weighted by Gasteiger charge is 2.31. The largest absolute Gasteiger partial charge is 0.465 e. The van der Waals surface area contributed by atoms with Gasteiger partial charge in [-0.05, 0) is 19.3 Å². The predicted octanol–water partition coefficient (Wildman–Crippen LogP) is 0.722. The standard InChI is InChI=1S/C8H16N2O2/c1-5-4-10(8(11)12)6(2)3-7(5)9/h5-7H,3-4,9H2,1-2H3,(H,11,12)/t5-,6+,7?/m0/s1. The molecule has 3 N–H and O–H groups in total. The van der Waals surface area contributed by atoms with Crippen LogP contribution in [0.15, 0.2) is 0 Å². The molecule has 1 rings (SSSR count). The van der Waals surface area contributed by atoms with Crippen LogP contribution in [0.3, 0.4) is 0 Å². The van der Waals surface area contributed by atoms with Gasteiger partial charge in [0.1, 0.15) is 0 Å². The summed E-state index contributed by atoms with van der Waals surface area (Å²) in [6, 6.07) is 0.212. The summed E-state index contributed by atoms with van der Waals surface area (Å²) >= 11 is 0. The van der Waals surface area contributed by atoms with Crippen molar-refractivity contribution in [1.29, 1.82) is 0 Å². The summed E-state index contributed by atoms with van der Waals surface area (Å²) in [5.74, 6) is 0.275. The van der Waals surface area contributed by atoms with Gasteiger partial charge in [-0.25, -0.2) is 4.79 Å². The predicted molar refractivity (Wildman–Crippen MR) is 45.9 cm³/mol. The summed E-state index contributed by atoms with van der Waals surface area (Å²) < 4.78 is 0. The average molecular weight is 172 g/mol. The molecule has 0 aromatic heterocycles. The molecule has 1 amide bonds. The van der Waals surface area contributed by atoms with E-state index in [0.29, 0.717) is 6.54 Å². The van der Waals surface area contributed by atoms with Crippen molar-refractivity contribution in [2.75, 3.05) is 6.54 Å². The number of rotatable bonds is 0. The normalized spacial score (nSPS) is 36.6. The average Bonchev–Trinajstić information content (AvgIpc) is 1.96. The van der Waals surface area contributed by atoms with Crippen LogP contribution in [-0.2, 0) is 0 Å². The third-order valence-corrected chi connectivity index (χ3v) is 2.61. The topological polar surface area (TPSA) is 66.6 Å². The molecule has 0 aliphatic carbocycles. The maximum absolute atomic E-state index is 10.7. The van der Waals surface area contributed by atoms with Crippen molar-refractivity contribution in [3.05, 3.63) is 0 Å². The first-order valence-corrected chi connectivity index (χ1v) is 4.27. The Labute approximate surface area is 72.3 Å². The molecule has 70 valence electrons. The van der Waals surface area contributed by atoms with E-state index in [-0.39, 0.29) is 18.0 Å². The maximum atomic E-state index is 10.7. The third-order valence-electron chi connectivity index (χ3n) is 2.61. The van der Waals surface area contributed by atoms with Gasteiger partial charge in [-0.2, -0.15) is 0 Å². The van der Waals surface area contributed by atoms with E-state index in [4.69, 9.17) is 10.8 Å². The Balaban J connectivity index is 2.61. The van der Waals surface area contributed by atoms with Crippen molar-refractivity contribution in [1.82, 2.24) is 4.90 Å². The van der Waals surface area contributed by atoms with E-state index < -0.39 is 6.09 Å². The van der Waals surface area contributed by atoms with Gasteiger partial charge in [0, 0.05) is 18.6 Å². The quantitative estimate of drug-likeness (QED) is 0.566. The molecule has 1 aliphatic heterocycles. The second-order valence-corrected chi connectivity index (χ2v) is 3.66. The molecule has 0 saturated carbocycles. The van der Waals surface area contributed by atoms with Gasteiger partial charge < -0.3 is 15.7 Å². The fourth-order valence-corrected chi connectivity index (χ4v) is 1.65. The Morgan fingerprint density at radius 1 is 1.58 bits per heavy atom. The molecule has 1 unspecified atom stereocenters. The summed E-state index contributed by atoms with van der Waals surface area (Å²) in [5.41, 5.74) is 5.81. The lowest BCUT2D eigenvalue weighted by Crippen LogP contribution is -2.52. The van der Waals surface area contributed by atoms with Crippen LogP contribution < -0.4 is 5.73 Å². The van der Waals surface area contributed by atoms with Crippen LogP contribution in [0.25, 0.3) is 0 Å². The lowest BCUT2D eigenvalue weighted by molar-refractivity contribution is 0.0883. The molecule has 0 radical (unpaired) electrons.